The van der Waals surface area contributed by atoms with Crippen molar-refractivity contribution < 1.29 is 9.26 Å². The summed E-state index contributed by atoms with van der Waals surface area (Å²) in [6.07, 6.45) is 1.38. The number of ether oxygens (including phenoxy) is 1. The summed E-state index contributed by atoms with van der Waals surface area (Å²) in [6, 6.07) is 2.51. The molecule has 1 N–H and O–H groups in total. The largest absolute Gasteiger partial charge is 0.377 e. The van der Waals surface area contributed by atoms with Gasteiger partial charge in [-0.25, -0.2) is 0 Å². The van der Waals surface area contributed by atoms with E-state index in [1.54, 1.807) is 0 Å². The highest BCUT2D eigenvalue weighted by Gasteiger charge is 2.28. The fourth-order valence-corrected chi connectivity index (χ4v) is 2.53. The van der Waals surface area contributed by atoms with Crippen molar-refractivity contribution in [2.75, 3.05) is 13.7 Å². The van der Waals surface area contributed by atoms with E-state index in [0.717, 1.165) is 37.6 Å². The third-order valence-corrected chi connectivity index (χ3v) is 3.72. The molecule has 1 aliphatic heterocycles. The normalized spacial score (nSPS) is 23.7. The van der Waals surface area contributed by atoms with Crippen molar-refractivity contribution in [1.82, 2.24) is 15.4 Å². The Labute approximate surface area is 121 Å². The molecule has 2 heterocycles. The van der Waals surface area contributed by atoms with Crippen molar-refractivity contribution in [3.63, 3.8) is 0 Å². The standard InChI is InChI=1S/C15H27N3O2/c1-11-14(6-7-19-11)18(5)10-13-8-12(17-20-13)9-16-15(2,3)4/h8,11,14,16H,6-7,9-10H2,1-5H3. The molecule has 0 radical (unpaired) electrons. The summed E-state index contributed by atoms with van der Waals surface area (Å²) in [6.45, 7) is 10.9. The lowest BCUT2D eigenvalue weighted by atomic mass is 10.1. The minimum atomic E-state index is 0.0898. The number of rotatable bonds is 5. The van der Waals surface area contributed by atoms with Crippen LogP contribution in [0.3, 0.4) is 0 Å². The van der Waals surface area contributed by atoms with Gasteiger partial charge in [0.25, 0.3) is 0 Å². The highest BCUT2D eigenvalue weighted by atomic mass is 16.5. The van der Waals surface area contributed by atoms with E-state index in [1.165, 1.54) is 0 Å². The Balaban J connectivity index is 1.86. The zero-order valence-electron chi connectivity index (χ0n) is 13.3. The molecular weight excluding hydrogens is 254 g/mol. The van der Waals surface area contributed by atoms with E-state index in [0.29, 0.717) is 12.1 Å². The molecule has 0 bridgehead atoms. The average Bonchev–Trinajstić information content (AvgIpc) is 2.94. The molecule has 20 heavy (non-hydrogen) atoms. The number of likely N-dealkylation sites (N-methyl/N-ethyl adjacent to an activating group) is 1. The predicted molar refractivity (Wildman–Crippen MR) is 78.4 cm³/mol. The van der Waals surface area contributed by atoms with Gasteiger partial charge in [-0.1, -0.05) is 5.16 Å². The minimum Gasteiger partial charge on any atom is -0.377 e. The number of hydrogen-bond donors (Lipinski definition) is 1. The lowest BCUT2D eigenvalue weighted by Gasteiger charge is -2.25. The molecule has 1 aromatic heterocycles. The van der Waals surface area contributed by atoms with E-state index in [9.17, 15) is 0 Å². The number of hydrogen-bond acceptors (Lipinski definition) is 5. The van der Waals surface area contributed by atoms with Crippen molar-refractivity contribution in [3.05, 3.63) is 17.5 Å². The molecule has 5 heteroatoms. The van der Waals surface area contributed by atoms with Crippen LogP contribution < -0.4 is 5.32 Å². The van der Waals surface area contributed by atoms with Crippen LogP contribution in [0, 0.1) is 0 Å². The predicted octanol–water partition coefficient (Wildman–Crippen LogP) is 2.17. The van der Waals surface area contributed by atoms with E-state index in [-0.39, 0.29) is 5.54 Å². The number of aromatic nitrogens is 1. The lowest BCUT2D eigenvalue weighted by Crippen LogP contribution is -2.36. The molecule has 1 fully saturated rings. The third-order valence-electron chi connectivity index (χ3n) is 3.72. The van der Waals surface area contributed by atoms with Crippen LogP contribution >= 0.6 is 0 Å². The maximum Gasteiger partial charge on any atom is 0.151 e. The van der Waals surface area contributed by atoms with Gasteiger partial charge in [-0.05, 0) is 41.2 Å². The quantitative estimate of drug-likeness (QED) is 0.896. The molecule has 0 aliphatic carbocycles. The van der Waals surface area contributed by atoms with Gasteiger partial charge in [0.05, 0.1) is 18.3 Å². The molecule has 2 unspecified atom stereocenters. The first-order chi connectivity index (χ1) is 9.35. The molecule has 0 amide bonds. The van der Waals surface area contributed by atoms with Gasteiger partial charge in [-0.3, -0.25) is 4.90 Å². The van der Waals surface area contributed by atoms with E-state index < -0.39 is 0 Å². The molecule has 1 aliphatic rings. The Morgan fingerprint density at radius 1 is 1.45 bits per heavy atom. The second kappa shape index (κ2) is 6.24. The molecule has 1 aromatic rings. The van der Waals surface area contributed by atoms with Crippen LogP contribution in [0.4, 0.5) is 0 Å². The Morgan fingerprint density at radius 3 is 2.80 bits per heavy atom. The summed E-state index contributed by atoms with van der Waals surface area (Å²) in [4.78, 5) is 2.29. The highest BCUT2D eigenvalue weighted by molar-refractivity contribution is 5.06. The molecule has 0 saturated carbocycles. The first-order valence-corrected chi connectivity index (χ1v) is 7.36. The monoisotopic (exact) mass is 281 g/mol. The molecule has 2 rings (SSSR count). The van der Waals surface area contributed by atoms with Crippen LogP contribution in [0.1, 0.15) is 45.6 Å². The van der Waals surface area contributed by atoms with Crippen molar-refractivity contribution in [2.45, 2.75) is 64.9 Å². The van der Waals surface area contributed by atoms with Gasteiger partial charge in [-0.2, -0.15) is 0 Å². The fraction of sp³-hybridized carbons (Fsp3) is 0.800. The van der Waals surface area contributed by atoms with E-state index >= 15 is 0 Å². The van der Waals surface area contributed by atoms with Gasteiger partial charge in [0.2, 0.25) is 0 Å². The first kappa shape index (κ1) is 15.5. The van der Waals surface area contributed by atoms with Gasteiger partial charge < -0.3 is 14.6 Å². The maximum absolute atomic E-state index is 5.61. The molecule has 5 nitrogen and oxygen atoms in total. The summed E-state index contributed by atoms with van der Waals surface area (Å²) in [5.74, 6) is 0.914. The molecule has 114 valence electrons. The lowest BCUT2D eigenvalue weighted by molar-refractivity contribution is 0.0783. The summed E-state index contributed by atoms with van der Waals surface area (Å²) < 4.78 is 11.0. The Morgan fingerprint density at radius 2 is 2.20 bits per heavy atom. The third kappa shape index (κ3) is 4.30. The first-order valence-electron chi connectivity index (χ1n) is 7.36. The van der Waals surface area contributed by atoms with Gasteiger partial charge in [0, 0.05) is 30.8 Å². The summed E-state index contributed by atoms with van der Waals surface area (Å²) >= 11 is 0. The average molecular weight is 281 g/mol. The van der Waals surface area contributed by atoms with Crippen molar-refractivity contribution in [3.8, 4) is 0 Å². The van der Waals surface area contributed by atoms with Crippen LogP contribution in [0.5, 0.6) is 0 Å². The zero-order valence-corrected chi connectivity index (χ0v) is 13.3. The topological polar surface area (TPSA) is 50.5 Å². The molecular formula is C15H27N3O2. The Bertz CT molecular complexity index is 425. The zero-order chi connectivity index (χ0) is 14.8. The summed E-state index contributed by atoms with van der Waals surface area (Å²) in [5, 5.41) is 7.53. The smallest absolute Gasteiger partial charge is 0.151 e. The molecule has 0 aromatic carbocycles. The Hall–Kier alpha value is -0.910. The van der Waals surface area contributed by atoms with Crippen LogP contribution in [0.2, 0.25) is 0 Å². The van der Waals surface area contributed by atoms with E-state index in [4.69, 9.17) is 9.26 Å². The van der Waals surface area contributed by atoms with Crippen LogP contribution in [-0.4, -0.2) is 41.4 Å². The van der Waals surface area contributed by atoms with Gasteiger partial charge in [0.1, 0.15) is 0 Å². The summed E-state index contributed by atoms with van der Waals surface area (Å²) in [5.41, 5.74) is 1.05. The van der Waals surface area contributed by atoms with Gasteiger partial charge in [-0.15, -0.1) is 0 Å². The van der Waals surface area contributed by atoms with Crippen LogP contribution in [0.25, 0.3) is 0 Å². The van der Waals surface area contributed by atoms with Crippen molar-refractivity contribution in [2.24, 2.45) is 0 Å². The van der Waals surface area contributed by atoms with E-state index in [2.05, 4.69) is 50.1 Å². The summed E-state index contributed by atoms with van der Waals surface area (Å²) in [7, 11) is 2.12. The minimum absolute atomic E-state index is 0.0898. The van der Waals surface area contributed by atoms with Crippen molar-refractivity contribution >= 4 is 0 Å². The van der Waals surface area contributed by atoms with Gasteiger partial charge >= 0.3 is 0 Å². The maximum atomic E-state index is 5.61. The van der Waals surface area contributed by atoms with Crippen LogP contribution in [-0.2, 0) is 17.8 Å². The van der Waals surface area contributed by atoms with Gasteiger partial charge in [0.15, 0.2) is 5.76 Å². The number of nitrogens with one attached hydrogen (secondary N) is 1. The second-order valence-electron chi connectivity index (χ2n) is 6.74. The SMILES string of the molecule is CC1OCCC1N(C)Cc1cc(CNC(C)(C)C)no1. The van der Waals surface area contributed by atoms with Crippen molar-refractivity contribution in [1.29, 1.82) is 0 Å². The molecule has 2 atom stereocenters. The molecule has 1 saturated heterocycles. The van der Waals surface area contributed by atoms with E-state index in [1.807, 2.05) is 6.07 Å². The van der Waals surface area contributed by atoms with Crippen LogP contribution in [0.15, 0.2) is 10.6 Å². The number of nitrogens with zero attached hydrogens (tertiary/aromatic N) is 2. The highest BCUT2D eigenvalue weighted by Crippen LogP contribution is 2.20. The fourth-order valence-electron chi connectivity index (χ4n) is 2.53. The second-order valence-corrected chi connectivity index (χ2v) is 6.74. The Kier molecular flexibility index (Phi) is 4.83. The molecule has 0 spiro atoms.